The van der Waals surface area contributed by atoms with E-state index < -0.39 is 0 Å². The zero-order valence-electron chi connectivity index (χ0n) is 11.8. The third kappa shape index (κ3) is 3.40. The number of rotatable bonds is 3. The molecular weight excluding hydrogens is 270 g/mol. The van der Waals surface area contributed by atoms with Crippen molar-refractivity contribution < 1.29 is 14.3 Å². The average Bonchev–Trinajstić information content (AvgIpc) is 2.53. The molecule has 1 saturated heterocycles. The van der Waals surface area contributed by atoms with E-state index in [1.54, 1.807) is 12.1 Å². The summed E-state index contributed by atoms with van der Waals surface area (Å²) in [6.07, 6.45) is 1.15. The number of nitrogens with one attached hydrogen (secondary N) is 3. The van der Waals surface area contributed by atoms with E-state index in [4.69, 9.17) is 4.74 Å². The van der Waals surface area contributed by atoms with Gasteiger partial charge in [-0.05, 0) is 30.2 Å². The number of morpholine rings is 1. The number of anilines is 1. The number of hydrogen-bond acceptors (Lipinski definition) is 4. The van der Waals surface area contributed by atoms with Crippen LogP contribution >= 0.6 is 0 Å². The van der Waals surface area contributed by atoms with E-state index in [0.29, 0.717) is 31.6 Å². The highest BCUT2D eigenvalue weighted by molar-refractivity contribution is 5.97. The summed E-state index contributed by atoms with van der Waals surface area (Å²) in [4.78, 5) is 23.5. The Labute approximate surface area is 123 Å². The van der Waals surface area contributed by atoms with Crippen molar-refractivity contribution in [3.05, 3.63) is 29.3 Å². The molecule has 1 atom stereocenters. The van der Waals surface area contributed by atoms with E-state index in [2.05, 4.69) is 16.0 Å². The number of benzene rings is 1. The summed E-state index contributed by atoms with van der Waals surface area (Å²) >= 11 is 0. The van der Waals surface area contributed by atoms with Gasteiger partial charge in [0.05, 0.1) is 13.2 Å². The van der Waals surface area contributed by atoms with E-state index in [-0.39, 0.29) is 17.9 Å². The highest BCUT2D eigenvalue weighted by Crippen LogP contribution is 2.23. The summed E-state index contributed by atoms with van der Waals surface area (Å²) in [7, 11) is 0. The summed E-state index contributed by atoms with van der Waals surface area (Å²) in [6, 6.07) is 5.56. The summed E-state index contributed by atoms with van der Waals surface area (Å²) in [5.41, 5.74) is 2.45. The van der Waals surface area contributed by atoms with E-state index in [0.717, 1.165) is 24.4 Å². The zero-order valence-corrected chi connectivity index (χ0v) is 11.8. The normalized spacial score (nSPS) is 21.3. The molecule has 2 aliphatic rings. The van der Waals surface area contributed by atoms with Crippen molar-refractivity contribution in [2.24, 2.45) is 0 Å². The molecule has 0 saturated carbocycles. The molecular formula is C15H19N3O3. The van der Waals surface area contributed by atoms with Gasteiger partial charge in [0, 0.05) is 36.8 Å². The van der Waals surface area contributed by atoms with E-state index >= 15 is 0 Å². The van der Waals surface area contributed by atoms with Gasteiger partial charge in [-0.1, -0.05) is 0 Å². The largest absolute Gasteiger partial charge is 0.378 e. The molecule has 6 heteroatoms. The number of fused-ring (bicyclic) bond motifs is 1. The van der Waals surface area contributed by atoms with Crippen LogP contribution in [0.25, 0.3) is 0 Å². The van der Waals surface area contributed by atoms with Crippen LogP contribution in [0.3, 0.4) is 0 Å². The molecule has 1 aromatic carbocycles. The van der Waals surface area contributed by atoms with Gasteiger partial charge < -0.3 is 20.7 Å². The lowest BCUT2D eigenvalue weighted by Crippen LogP contribution is -2.48. The Morgan fingerprint density at radius 2 is 2.29 bits per heavy atom. The van der Waals surface area contributed by atoms with Crippen molar-refractivity contribution in [3.8, 4) is 0 Å². The predicted molar refractivity (Wildman–Crippen MR) is 78.3 cm³/mol. The summed E-state index contributed by atoms with van der Waals surface area (Å²) in [5, 5.41) is 9.02. The van der Waals surface area contributed by atoms with E-state index in [1.807, 2.05) is 6.07 Å². The van der Waals surface area contributed by atoms with E-state index in [9.17, 15) is 9.59 Å². The van der Waals surface area contributed by atoms with Crippen molar-refractivity contribution in [3.63, 3.8) is 0 Å². The Hall–Kier alpha value is -1.92. The highest BCUT2D eigenvalue weighted by atomic mass is 16.5. The Kier molecular flexibility index (Phi) is 4.17. The second-order valence-electron chi connectivity index (χ2n) is 5.36. The van der Waals surface area contributed by atoms with Crippen LogP contribution in [-0.4, -0.2) is 44.2 Å². The molecule has 21 heavy (non-hydrogen) atoms. The summed E-state index contributed by atoms with van der Waals surface area (Å²) < 4.78 is 5.35. The second kappa shape index (κ2) is 6.24. The molecule has 0 spiro atoms. The molecule has 3 N–H and O–H groups in total. The van der Waals surface area contributed by atoms with Gasteiger partial charge in [0.2, 0.25) is 5.91 Å². The van der Waals surface area contributed by atoms with Crippen LogP contribution in [0.4, 0.5) is 5.69 Å². The van der Waals surface area contributed by atoms with Crippen LogP contribution < -0.4 is 16.0 Å². The lowest BCUT2D eigenvalue weighted by atomic mass is 10.00. The Morgan fingerprint density at radius 3 is 3.10 bits per heavy atom. The van der Waals surface area contributed by atoms with Gasteiger partial charge in [-0.2, -0.15) is 0 Å². The fourth-order valence-corrected chi connectivity index (χ4v) is 2.59. The van der Waals surface area contributed by atoms with Gasteiger partial charge in [-0.3, -0.25) is 9.59 Å². The first-order valence-corrected chi connectivity index (χ1v) is 7.24. The number of hydrogen-bond donors (Lipinski definition) is 3. The number of aryl methyl sites for hydroxylation is 1. The molecule has 1 unspecified atom stereocenters. The number of carbonyl (C=O) groups excluding carboxylic acids is 2. The van der Waals surface area contributed by atoms with Crippen molar-refractivity contribution >= 4 is 17.5 Å². The van der Waals surface area contributed by atoms with Gasteiger partial charge in [0.1, 0.15) is 0 Å². The van der Waals surface area contributed by atoms with Crippen molar-refractivity contribution in [2.45, 2.75) is 18.9 Å². The van der Waals surface area contributed by atoms with Gasteiger partial charge in [-0.25, -0.2) is 0 Å². The third-order valence-electron chi connectivity index (χ3n) is 3.77. The first-order chi connectivity index (χ1) is 10.2. The van der Waals surface area contributed by atoms with Crippen LogP contribution in [0.2, 0.25) is 0 Å². The monoisotopic (exact) mass is 289 g/mol. The van der Waals surface area contributed by atoms with Crippen molar-refractivity contribution in [2.75, 3.05) is 31.6 Å². The molecule has 112 valence electrons. The maximum Gasteiger partial charge on any atom is 0.251 e. The number of carbonyl (C=O) groups is 2. The minimum atomic E-state index is -0.0953. The maximum absolute atomic E-state index is 12.2. The van der Waals surface area contributed by atoms with Gasteiger partial charge >= 0.3 is 0 Å². The molecule has 0 radical (unpaired) electrons. The molecule has 3 rings (SSSR count). The zero-order chi connectivity index (χ0) is 14.7. The third-order valence-corrected chi connectivity index (χ3v) is 3.77. The quantitative estimate of drug-likeness (QED) is 0.747. The fourth-order valence-electron chi connectivity index (χ4n) is 2.59. The van der Waals surface area contributed by atoms with Gasteiger partial charge in [-0.15, -0.1) is 0 Å². The molecule has 1 aromatic rings. The van der Waals surface area contributed by atoms with Crippen LogP contribution in [-0.2, 0) is 16.0 Å². The van der Waals surface area contributed by atoms with Crippen molar-refractivity contribution in [1.82, 2.24) is 10.6 Å². The van der Waals surface area contributed by atoms with Gasteiger partial charge in [0.15, 0.2) is 0 Å². The van der Waals surface area contributed by atoms with Gasteiger partial charge in [0.25, 0.3) is 5.91 Å². The minimum absolute atomic E-state index is 0.0306. The fraction of sp³-hybridized carbons (Fsp3) is 0.467. The van der Waals surface area contributed by atoms with Crippen LogP contribution in [0.5, 0.6) is 0 Å². The molecule has 2 aliphatic heterocycles. The van der Waals surface area contributed by atoms with Crippen LogP contribution in [0.15, 0.2) is 18.2 Å². The molecule has 6 nitrogen and oxygen atoms in total. The predicted octanol–water partition coefficient (Wildman–Crippen LogP) is 0.289. The average molecular weight is 289 g/mol. The first kappa shape index (κ1) is 14.0. The number of amides is 2. The number of ether oxygens (including phenoxy) is 1. The van der Waals surface area contributed by atoms with Crippen molar-refractivity contribution in [1.29, 1.82) is 0 Å². The molecule has 0 aliphatic carbocycles. The lowest BCUT2D eigenvalue weighted by Gasteiger charge is -2.24. The molecule has 2 amide bonds. The second-order valence-corrected chi connectivity index (χ2v) is 5.36. The smallest absolute Gasteiger partial charge is 0.251 e. The molecule has 1 fully saturated rings. The molecule has 0 aromatic heterocycles. The summed E-state index contributed by atoms with van der Waals surface area (Å²) in [6.45, 7) is 2.71. The Morgan fingerprint density at radius 1 is 1.38 bits per heavy atom. The Balaban J connectivity index is 1.60. The summed E-state index contributed by atoms with van der Waals surface area (Å²) in [5.74, 6) is -0.0647. The highest BCUT2D eigenvalue weighted by Gasteiger charge is 2.18. The minimum Gasteiger partial charge on any atom is -0.378 e. The molecule has 0 bridgehead atoms. The first-order valence-electron chi connectivity index (χ1n) is 7.24. The maximum atomic E-state index is 12.2. The topological polar surface area (TPSA) is 79.5 Å². The standard InChI is InChI=1S/C15H19N3O3/c19-14-4-2-10-7-11(1-3-13(10)18-14)15(20)17-8-12-9-21-6-5-16-12/h1,3,7,12,16H,2,4-6,8-9H2,(H,17,20)(H,18,19). The molecule has 2 heterocycles. The lowest BCUT2D eigenvalue weighted by molar-refractivity contribution is -0.116. The Bertz CT molecular complexity index is 553. The SMILES string of the molecule is O=C1CCc2cc(C(=O)NCC3COCCN3)ccc2N1. The van der Waals surface area contributed by atoms with Crippen LogP contribution in [0.1, 0.15) is 22.3 Å². The van der Waals surface area contributed by atoms with E-state index in [1.165, 1.54) is 0 Å². The van der Waals surface area contributed by atoms with Crippen LogP contribution in [0, 0.1) is 0 Å².